The van der Waals surface area contributed by atoms with Crippen molar-refractivity contribution in [2.24, 2.45) is 0 Å². The molecule has 0 radical (unpaired) electrons. The van der Waals surface area contributed by atoms with Gasteiger partial charge in [-0.1, -0.05) is 19.9 Å². The highest BCUT2D eigenvalue weighted by Crippen LogP contribution is 2.41. The molecule has 0 saturated carbocycles. The van der Waals surface area contributed by atoms with Gasteiger partial charge in [0.2, 0.25) is 6.29 Å². The standard InChI is InChI=1S/C10H16O3/c1-5-6-10(4)9(13-10)12-8(11)7(2)3/h9H,2,5-6H2,1,3-4H3. The van der Waals surface area contributed by atoms with Crippen molar-refractivity contribution in [3.63, 3.8) is 0 Å². The lowest BCUT2D eigenvalue weighted by atomic mass is 10.1. The van der Waals surface area contributed by atoms with Crippen LogP contribution in [0, 0.1) is 0 Å². The van der Waals surface area contributed by atoms with E-state index in [1.54, 1.807) is 6.92 Å². The summed E-state index contributed by atoms with van der Waals surface area (Å²) in [6, 6.07) is 0. The van der Waals surface area contributed by atoms with Gasteiger partial charge in [-0.25, -0.2) is 4.79 Å². The van der Waals surface area contributed by atoms with Gasteiger partial charge in [0, 0.05) is 5.57 Å². The fourth-order valence-corrected chi connectivity index (χ4v) is 1.23. The van der Waals surface area contributed by atoms with Crippen molar-refractivity contribution in [2.45, 2.75) is 45.5 Å². The van der Waals surface area contributed by atoms with Crippen LogP contribution in [-0.4, -0.2) is 17.9 Å². The molecule has 1 saturated heterocycles. The molecule has 0 aromatic rings. The third-order valence-corrected chi connectivity index (χ3v) is 2.13. The lowest BCUT2D eigenvalue weighted by Crippen LogP contribution is -2.16. The van der Waals surface area contributed by atoms with E-state index in [2.05, 4.69) is 13.5 Å². The summed E-state index contributed by atoms with van der Waals surface area (Å²) >= 11 is 0. The number of carbonyl (C=O) groups is 1. The summed E-state index contributed by atoms with van der Waals surface area (Å²) in [5, 5.41) is 0. The molecule has 3 nitrogen and oxygen atoms in total. The van der Waals surface area contributed by atoms with Crippen LogP contribution >= 0.6 is 0 Å². The van der Waals surface area contributed by atoms with Gasteiger partial charge in [-0.15, -0.1) is 0 Å². The number of epoxide rings is 1. The number of hydrogen-bond donors (Lipinski definition) is 0. The minimum Gasteiger partial charge on any atom is -0.429 e. The Kier molecular flexibility index (Phi) is 2.76. The van der Waals surface area contributed by atoms with Crippen LogP contribution in [0.1, 0.15) is 33.6 Å². The molecule has 0 bridgehead atoms. The predicted molar refractivity (Wildman–Crippen MR) is 49.1 cm³/mol. The molecule has 0 aromatic heterocycles. The van der Waals surface area contributed by atoms with E-state index in [4.69, 9.17) is 9.47 Å². The average molecular weight is 184 g/mol. The fraction of sp³-hybridized carbons (Fsp3) is 0.700. The Hall–Kier alpha value is -0.830. The number of hydrogen-bond acceptors (Lipinski definition) is 3. The van der Waals surface area contributed by atoms with E-state index >= 15 is 0 Å². The normalized spacial score (nSPS) is 31.2. The zero-order valence-corrected chi connectivity index (χ0v) is 8.42. The molecule has 0 N–H and O–H groups in total. The Morgan fingerprint density at radius 1 is 1.69 bits per heavy atom. The topological polar surface area (TPSA) is 38.8 Å². The zero-order valence-electron chi connectivity index (χ0n) is 8.42. The molecule has 2 atom stereocenters. The first-order chi connectivity index (χ1) is 5.99. The predicted octanol–water partition coefficient (Wildman–Crippen LogP) is 2.02. The highest BCUT2D eigenvalue weighted by Gasteiger charge is 2.54. The van der Waals surface area contributed by atoms with Crippen molar-refractivity contribution in [2.75, 3.05) is 0 Å². The van der Waals surface area contributed by atoms with Crippen LogP contribution in [0.4, 0.5) is 0 Å². The monoisotopic (exact) mass is 184 g/mol. The molecular formula is C10H16O3. The van der Waals surface area contributed by atoms with E-state index in [-0.39, 0.29) is 17.9 Å². The van der Waals surface area contributed by atoms with Crippen LogP contribution in [0.15, 0.2) is 12.2 Å². The highest BCUT2D eigenvalue weighted by atomic mass is 16.8. The molecule has 1 heterocycles. The summed E-state index contributed by atoms with van der Waals surface area (Å²) < 4.78 is 10.3. The third kappa shape index (κ3) is 2.31. The number of rotatable bonds is 4. The molecular weight excluding hydrogens is 168 g/mol. The Balaban J connectivity index is 2.35. The van der Waals surface area contributed by atoms with Gasteiger partial charge >= 0.3 is 5.97 Å². The molecule has 1 aliphatic rings. The Bertz CT molecular complexity index is 234. The van der Waals surface area contributed by atoms with Gasteiger partial charge in [0.25, 0.3) is 0 Å². The number of ether oxygens (including phenoxy) is 2. The van der Waals surface area contributed by atoms with E-state index in [0.29, 0.717) is 5.57 Å². The minimum absolute atomic E-state index is 0.250. The van der Waals surface area contributed by atoms with Crippen molar-refractivity contribution >= 4 is 5.97 Å². The van der Waals surface area contributed by atoms with Crippen LogP contribution in [0.5, 0.6) is 0 Å². The maximum absolute atomic E-state index is 11.1. The first-order valence-electron chi connectivity index (χ1n) is 4.54. The molecule has 1 rings (SSSR count). The van der Waals surface area contributed by atoms with Crippen LogP contribution < -0.4 is 0 Å². The van der Waals surface area contributed by atoms with Gasteiger partial charge in [0.1, 0.15) is 5.60 Å². The molecule has 0 aromatic carbocycles. The molecule has 13 heavy (non-hydrogen) atoms. The summed E-state index contributed by atoms with van der Waals surface area (Å²) in [7, 11) is 0. The maximum Gasteiger partial charge on any atom is 0.335 e. The van der Waals surface area contributed by atoms with Crippen molar-refractivity contribution in [3.05, 3.63) is 12.2 Å². The van der Waals surface area contributed by atoms with Crippen LogP contribution in [0.25, 0.3) is 0 Å². The molecule has 1 aliphatic heterocycles. The summed E-state index contributed by atoms with van der Waals surface area (Å²) in [6.45, 7) is 9.15. The highest BCUT2D eigenvalue weighted by molar-refractivity contribution is 5.87. The van der Waals surface area contributed by atoms with Crippen molar-refractivity contribution in [3.8, 4) is 0 Å². The second-order valence-corrected chi connectivity index (χ2v) is 3.70. The van der Waals surface area contributed by atoms with Crippen LogP contribution in [0.2, 0.25) is 0 Å². The van der Waals surface area contributed by atoms with E-state index in [1.165, 1.54) is 0 Å². The average Bonchev–Trinajstić information content (AvgIpc) is 2.61. The first kappa shape index (κ1) is 10.3. The smallest absolute Gasteiger partial charge is 0.335 e. The SMILES string of the molecule is C=C(C)C(=O)OC1OC1(C)CCC. The van der Waals surface area contributed by atoms with Crippen molar-refractivity contribution < 1.29 is 14.3 Å². The number of esters is 1. The van der Waals surface area contributed by atoms with Gasteiger partial charge in [0.15, 0.2) is 0 Å². The lowest BCUT2D eigenvalue weighted by Gasteiger charge is -2.03. The van der Waals surface area contributed by atoms with Gasteiger partial charge < -0.3 is 9.47 Å². The molecule has 74 valence electrons. The van der Waals surface area contributed by atoms with E-state index in [9.17, 15) is 4.79 Å². The van der Waals surface area contributed by atoms with Gasteiger partial charge in [-0.3, -0.25) is 0 Å². The molecule has 0 aliphatic carbocycles. The quantitative estimate of drug-likeness (QED) is 0.381. The molecule has 2 unspecified atom stereocenters. The van der Waals surface area contributed by atoms with Crippen LogP contribution in [0.3, 0.4) is 0 Å². The summed E-state index contributed by atoms with van der Waals surface area (Å²) in [5.41, 5.74) is 0.161. The van der Waals surface area contributed by atoms with Gasteiger partial charge in [-0.2, -0.15) is 0 Å². The minimum atomic E-state index is -0.371. The molecule has 0 amide bonds. The van der Waals surface area contributed by atoms with Gasteiger partial charge in [-0.05, 0) is 20.3 Å². The Morgan fingerprint density at radius 2 is 2.31 bits per heavy atom. The maximum atomic E-state index is 11.1. The molecule has 1 fully saturated rings. The zero-order chi connectivity index (χ0) is 10.1. The Labute approximate surface area is 78.7 Å². The Morgan fingerprint density at radius 3 is 2.77 bits per heavy atom. The fourth-order valence-electron chi connectivity index (χ4n) is 1.23. The third-order valence-electron chi connectivity index (χ3n) is 2.13. The van der Waals surface area contributed by atoms with Crippen LogP contribution in [-0.2, 0) is 14.3 Å². The molecule has 3 heteroatoms. The first-order valence-corrected chi connectivity index (χ1v) is 4.54. The van der Waals surface area contributed by atoms with Crippen molar-refractivity contribution in [1.82, 2.24) is 0 Å². The summed E-state index contributed by atoms with van der Waals surface area (Å²) in [5.74, 6) is -0.371. The number of carbonyl (C=O) groups excluding carboxylic acids is 1. The van der Waals surface area contributed by atoms with Crippen molar-refractivity contribution in [1.29, 1.82) is 0 Å². The molecule has 0 spiro atoms. The van der Waals surface area contributed by atoms with E-state index in [0.717, 1.165) is 12.8 Å². The second kappa shape index (κ2) is 3.50. The second-order valence-electron chi connectivity index (χ2n) is 3.70. The lowest BCUT2D eigenvalue weighted by molar-refractivity contribution is -0.143. The van der Waals surface area contributed by atoms with E-state index in [1.807, 2.05) is 6.92 Å². The summed E-state index contributed by atoms with van der Waals surface area (Å²) in [6.07, 6.45) is 1.58. The largest absolute Gasteiger partial charge is 0.429 e. The summed E-state index contributed by atoms with van der Waals surface area (Å²) in [4.78, 5) is 11.1. The van der Waals surface area contributed by atoms with E-state index < -0.39 is 0 Å². The van der Waals surface area contributed by atoms with Gasteiger partial charge in [0.05, 0.1) is 0 Å².